The summed E-state index contributed by atoms with van der Waals surface area (Å²) in [5.74, 6) is 1.40. The molecule has 1 fully saturated rings. The van der Waals surface area contributed by atoms with Crippen molar-refractivity contribution in [3.63, 3.8) is 0 Å². The zero-order chi connectivity index (χ0) is 25.3. The molecule has 1 N–H and O–H groups in total. The number of hydrogen-bond donors (Lipinski definition) is 1. The maximum Gasteiger partial charge on any atom is 0.332 e. The summed E-state index contributed by atoms with van der Waals surface area (Å²) in [6.07, 6.45) is 0.877. The summed E-state index contributed by atoms with van der Waals surface area (Å²) in [6, 6.07) is 4.05. The second-order valence-electron chi connectivity index (χ2n) is 8.22. The van der Waals surface area contributed by atoms with Crippen molar-refractivity contribution in [2.75, 3.05) is 46.0 Å². The van der Waals surface area contributed by atoms with Crippen molar-refractivity contribution in [2.45, 2.75) is 51.2 Å². The minimum atomic E-state index is -1.06. The first kappa shape index (κ1) is 27.8. The molecule has 1 heterocycles. The summed E-state index contributed by atoms with van der Waals surface area (Å²) in [5, 5.41) is 3.13. The van der Waals surface area contributed by atoms with Gasteiger partial charge in [-0.15, -0.1) is 0 Å². The average Bonchev–Trinajstić information content (AvgIpc) is 2.85. The monoisotopic (exact) mass is 496 g/mol. The summed E-state index contributed by atoms with van der Waals surface area (Å²) >= 11 is 1.60. The number of methoxy groups -OCH3 is 3. The van der Waals surface area contributed by atoms with Crippen LogP contribution < -0.4 is 14.8 Å². The van der Waals surface area contributed by atoms with Crippen molar-refractivity contribution in [3.8, 4) is 11.5 Å². The standard InChI is InChI=1S/C24H36N2O7S/c1-7-33-22(28)19(10-8-17-14-18(30-4)9-11-20(17)31-5)25-16(2)21(27)26-12-13-34-15-24(26,3)23(29)32-6/h9,11,14,16,19,25H,7-8,10,12-13,15H2,1-6H3/t16-,19?,24?/m0/s1. The number of hydrogen-bond acceptors (Lipinski definition) is 9. The van der Waals surface area contributed by atoms with Gasteiger partial charge < -0.3 is 23.8 Å². The van der Waals surface area contributed by atoms with Gasteiger partial charge in [0.1, 0.15) is 23.1 Å². The van der Waals surface area contributed by atoms with Crippen LogP contribution in [-0.2, 0) is 30.3 Å². The van der Waals surface area contributed by atoms with E-state index in [-0.39, 0.29) is 12.5 Å². The summed E-state index contributed by atoms with van der Waals surface area (Å²) in [6.45, 7) is 5.80. The highest BCUT2D eigenvalue weighted by molar-refractivity contribution is 7.99. The van der Waals surface area contributed by atoms with E-state index in [1.807, 2.05) is 12.1 Å². The van der Waals surface area contributed by atoms with Crippen LogP contribution in [0, 0.1) is 0 Å². The van der Waals surface area contributed by atoms with E-state index in [4.69, 9.17) is 18.9 Å². The van der Waals surface area contributed by atoms with Gasteiger partial charge in [0.05, 0.1) is 34.0 Å². The summed E-state index contributed by atoms with van der Waals surface area (Å²) in [7, 11) is 4.49. The molecule has 3 atom stereocenters. The molecule has 0 bridgehead atoms. The SMILES string of the molecule is CCOC(=O)C(CCc1cc(OC)ccc1OC)N[C@@H](C)C(=O)N1CCSCC1(C)C(=O)OC. The van der Waals surface area contributed by atoms with Crippen LogP contribution in [0.2, 0.25) is 0 Å². The van der Waals surface area contributed by atoms with E-state index >= 15 is 0 Å². The molecule has 190 valence electrons. The molecule has 1 aromatic rings. The molecule has 2 unspecified atom stereocenters. The van der Waals surface area contributed by atoms with Gasteiger partial charge in [-0.1, -0.05) is 0 Å². The van der Waals surface area contributed by atoms with Gasteiger partial charge in [0.25, 0.3) is 0 Å². The third kappa shape index (κ3) is 6.56. The predicted molar refractivity (Wildman–Crippen MR) is 130 cm³/mol. The van der Waals surface area contributed by atoms with Crippen LogP contribution in [0.5, 0.6) is 11.5 Å². The van der Waals surface area contributed by atoms with Crippen LogP contribution in [0.15, 0.2) is 18.2 Å². The van der Waals surface area contributed by atoms with E-state index in [0.717, 1.165) is 11.3 Å². The van der Waals surface area contributed by atoms with Crippen molar-refractivity contribution in [1.29, 1.82) is 0 Å². The highest BCUT2D eigenvalue weighted by atomic mass is 32.2. The normalized spacial score (nSPS) is 19.6. The Balaban J connectivity index is 2.18. The number of nitrogens with one attached hydrogen (secondary N) is 1. The molecule has 1 aliphatic heterocycles. The topological polar surface area (TPSA) is 103 Å². The Morgan fingerprint density at radius 3 is 2.56 bits per heavy atom. The number of benzene rings is 1. The molecule has 34 heavy (non-hydrogen) atoms. The van der Waals surface area contributed by atoms with Crippen LogP contribution in [0.1, 0.15) is 32.8 Å². The maximum atomic E-state index is 13.4. The Hall–Kier alpha value is -2.46. The average molecular weight is 497 g/mol. The number of carbonyl (C=O) groups excluding carboxylic acids is 3. The molecule has 1 saturated heterocycles. The molecule has 0 radical (unpaired) electrons. The minimum absolute atomic E-state index is 0.228. The van der Waals surface area contributed by atoms with E-state index in [9.17, 15) is 14.4 Å². The largest absolute Gasteiger partial charge is 0.497 e. The molecule has 1 aromatic carbocycles. The molecule has 0 aromatic heterocycles. The lowest BCUT2D eigenvalue weighted by molar-refractivity contribution is -0.160. The summed E-state index contributed by atoms with van der Waals surface area (Å²) < 4.78 is 21.0. The van der Waals surface area contributed by atoms with Crippen LogP contribution in [0.25, 0.3) is 0 Å². The third-order valence-corrected chi connectivity index (χ3v) is 7.15. The van der Waals surface area contributed by atoms with Crippen LogP contribution >= 0.6 is 11.8 Å². The van der Waals surface area contributed by atoms with Crippen LogP contribution in [0.4, 0.5) is 0 Å². The quantitative estimate of drug-likeness (QED) is 0.461. The van der Waals surface area contributed by atoms with E-state index < -0.39 is 29.6 Å². The highest BCUT2D eigenvalue weighted by Gasteiger charge is 2.46. The lowest BCUT2D eigenvalue weighted by Crippen LogP contribution is -2.64. The molecule has 2 rings (SSSR count). The third-order valence-electron chi connectivity index (χ3n) is 5.91. The van der Waals surface area contributed by atoms with E-state index in [1.165, 1.54) is 7.11 Å². The Labute approximate surface area is 205 Å². The molecule has 0 saturated carbocycles. The molecule has 10 heteroatoms. The van der Waals surface area contributed by atoms with Gasteiger partial charge in [0, 0.05) is 18.1 Å². The minimum Gasteiger partial charge on any atom is -0.497 e. The smallest absolute Gasteiger partial charge is 0.332 e. The maximum absolute atomic E-state index is 13.4. The van der Waals surface area contributed by atoms with Crippen molar-refractivity contribution < 1.29 is 33.3 Å². The fraction of sp³-hybridized carbons (Fsp3) is 0.625. The molecule has 0 aliphatic carbocycles. The van der Waals surface area contributed by atoms with E-state index in [2.05, 4.69) is 5.32 Å². The van der Waals surface area contributed by atoms with Crippen molar-refractivity contribution in [2.24, 2.45) is 0 Å². The summed E-state index contributed by atoms with van der Waals surface area (Å²) in [4.78, 5) is 40.1. The number of carbonyl (C=O) groups is 3. The molecule has 1 amide bonds. The number of amides is 1. The second-order valence-corrected chi connectivity index (χ2v) is 9.32. The van der Waals surface area contributed by atoms with Gasteiger partial charge in [-0.3, -0.25) is 14.9 Å². The van der Waals surface area contributed by atoms with Gasteiger partial charge >= 0.3 is 11.9 Å². The van der Waals surface area contributed by atoms with Crippen LogP contribution in [-0.4, -0.2) is 86.4 Å². The van der Waals surface area contributed by atoms with Gasteiger partial charge in [0.2, 0.25) is 5.91 Å². The number of aryl methyl sites for hydroxylation is 1. The fourth-order valence-corrected chi connectivity index (χ4v) is 5.12. The van der Waals surface area contributed by atoms with Gasteiger partial charge in [-0.25, -0.2) is 4.79 Å². The number of esters is 2. The van der Waals surface area contributed by atoms with Crippen molar-refractivity contribution >= 4 is 29.6 Å². The number of nitrogens with zero attached hydrogens (tertiary/aromatic N) is 1. The van der Waals surface area contributed by atoms with E-state index in [1.54, 1.807) is 57.7 Å². The molecule has 9 nitrogen and oxygen atoms in total. The fourth-order valence-electron chi connectivity index (χ4n) is 3.99. The predicted octanol–water partition coefficient (Wildman–Crippen LogP) is 2.05. The van der Waals surface area contributed by atoms with Gasteiger partial charge in [-0.05, 0) is 57.4 Å². The van der Waals surface area contributed by atoms with Crippen molar-refractivity contribution in [3.05, 3.63) is 23.8 Å². The van der Waals surface area contributed by atoms with Crippen molar-refractivity contribution in [1.82, 2.24) is 10.2 Å². The zero-order valence-electron chi connectivity index (χ0n) is 20.8. The first-order valence-corrected chi connectivity index (χ1v) is 12.5. The van der Waals surface area contributed by atoms with E-state index in [0.29, 0.717) is 36.6 Å². The Morgan fingerprint density at radius 1 is 1.21 bits per heavy atom. The van der Waals surface area contributed by atoms with Gasteiger partial charge in [-0.2, -0.15) is 11.8 Å². The Kier molecular flexibility index (Phi) is 10.5. The first-order valence-electron chi connectivity index (χ1n) is 11.3. The number of rotatable bonds is 11. The zero-order valence-corrected chi connectivity index (χ0v) is 21.7. The number of ether oxygens (including phenoxy) is 4. The first-order chi connectivity index (χ1) is 16.2. The summed E-state index contributed by atoms with van der Waals surface area (Å²) in [5.41, 5.74) is -0.179. The van der Waals surface area contributed by atoms with Crippen LogP contribution in [0.3, 0.4) is 0 Å². The Bertz CT molecular complexity index is 866. The Morgan fingerprint density at radius 2 is 1.94 bits per heavy atom. The highest BCUT2D eigenvalue weighted by Crippen LogP contribution is 2.29. The lowest BCUT2D eigenvalue weighted by Gasteiger charge is -2.43. The van der Waals surface area contributed by atoms with Gasteiger partial charge in [0.15, 0.2) is 0 Å². The number of thioether (sulfide) groups is 1. The molecule has 1 aliphatic rings. The second kappa shape index (κ2) is 12.9. The molecular formula is C24H36N2O7S. The molecular weight excluding hydrogens is 460 g/mol. The molecule has 0 spiro atoms. The lowest BCUT2D eigenvalue weighted by atomic mass is 10.00.